The van der Waals surface area contributed by atoms with Crippen molar-refractivity contribution >= 4 is 0 Å². The first kappa shape index (κ1) is 13.9. The number of nitrogens with two attached hydrogens (primary N) is 1. The molecule has 21 heavy (non-hydrogen) atoms. The van der Waals surface area contributed by atoms with Crippen molar-refractivity contribution < 1.29 is 13.5 Å². The molecular formula is C16H16F2N2O. The molecule has 0 saturated heterocycles. The van der Waals surface area contributed by atoms with E-state index in [1.165, 1.54) is 17.7 Å². The number of hydrogen-bond acceptors (Lipinski definition) is 3. The SMILES string of the molecule is NCc1cc2c(nc1Oc1cccc(F)c1F)CCCC2. The zero-order valence-corrected chi connectivity index (χ0v) is 11.5. The van der Waals surface area contributed by atoms with Crippen molar-refractivity contribution in [1.82, 2.24) is 4.98 Å². The molecule has 2 aromatic rings. The van der Waals surface area contributed by atoms with Crippen molar-refractivity contribution in [3.63, 3.8) is 0 Å². The first-order valence-corrected chi connectivity index (χ1v) is 7.02. The minimum Gasteiger partial charge on any atom is -0.435 e. The smallest absolute Gasteiger partial charge is 0.224 e. The van der Waals surface area contributed by atoms with Crippen LogP contribution in [0.25, 0.3) is 0 Å². The third-order valence-electron chi connectivity index (χ3n) is 3.68. The second-order valence-electron chi connectivity index (χ2n) is 5.12. The van der Waals surface area contributed by atoms with Crippen LogP contribution in [0.1, 0.15) is 29.7 Å². The van der Waals surface area contributed by atoms with E-state index in [9.17, 15) is 8.78 Å². The van der Waals surface area contributed by atoms with Gasteiger partial charge < -0.3 is 10.5 Å². The summed E-state index contributed by atoms with van der Waals surface area (Å²) in [4.78, 5) is 4.46. The summed E-state index contributed by atoms with van der Waals surface area (Å²) in [5.41, 5.74) is 8.56. The third kappa shape index (κ3) is 2.74. The number of halogens is 2. The largest absolute Gasteiger partial charge is 0.435 e. The Kier molecular flexibility index (Phi) is 3.84. The van der Waals surface area contributed by atoms with Gasteiger partial charge in [0, 0.05) is 17.8 Å². The molecule has 2 N–H and O–H groups in total. The van der Waals surface area contributed by atoms with Crippen LogP contribution in [0, 0.1) is 11.6 Å². The van der Waals surface area contributed by atoms with E-state index in [1.807, 2.05) is 6.07 Å². The molecule has 0 aliphatic heterocycles. The quantitative estimate of drug-likeness (QED) is 0.941. The van der Waals surface area contributed by atoms with Crippen LogP contribution in [-0.2, 0) is 19.4 Å². The molecule has 110 valence electrons. The van der Waals surface area contributed by atoms with Gasteiger partial charge in [0.25, 0.3) is 0 Å². The van der Waals surface area contributed by atoms with E-state index in [1.54, 1.807) is 0 Å². The number of nitrogens with zero attached hydrogens (tertiary/aromatic N) is 1. The van der Waals surface area contributed by atoms with Crippen LogP contribution in [-0.4, -0.2) is 4.98 Å². The predicted molar refractivity (Wildman–Crippen MR) is 75.2 cm³/mol. The van der Waals surface area contributed by atoms with E-state index in [0.717, 1.165) is 37.4 Å². The van der Waals surface area contributed by atoms with Gasteiger partial charge in [-0.15, -0.1) is 0 Å². The Morgan fingerprint density at radius 3 is 2.81 bits per heavy atom. The van der Waals surface area contributed by atoms with Gasteiger partial charge in [0.15, 0.2) is 11.6 Å². The molecular weight excluding hydrogens is 274 g/mol. The molecule has 3 nitrogen and oxygen atoms in total. The average molecular weight is 290 g/mol. The molecule has 0 spiro atoms. The fraction of sp³-hybridized carbons (Fsp3) is 0.312. The van der Waals surface area contributed by atoms with Gasteiger partial charge >= 0.3 is 0 Å². The highest BCUT2D eigenvalue weighted by Gasteiger charge is 2.17. The summed E-state index contributed by atoms with van der Waals surface area (Å²) in [5.74, 6) is -1.87. The maximum Gasteiger partial charge on any atom is 0.224 e. The minimum absolute atomic E-state index is 0.173. The summed E-state index contributed by atoms with van der Waals surface area (Å²) in [6, 6.07) is 5.79. The van der Waals surface area contributed by atoms with Crippen LogP contribution in [0.5, 0.6) is 11.6 Å². The predicted octanol–water partition coefficient (Wildman–Crippen LogP) is 3.49. The summed E-state index contributed by atoms with van der Waals surface area (Å²) in [6.07, 6.45) is 4.07. The molecule has 1 aromatic carbocycles. The number of ether oxygens (including phenoxy) is 1. The molecule has 0 fully saturated rings. The minimum atomic E-state index is -1.01. The summed E-state index contributed by atoms with van der Waals surface area (Å²) in [7, 11) is 0. The second-order valence-corrected chi connectivity index (χ2v) is 5.12. The molecule has 0 atom stereocenters. The molecule has 1 aromatic heterocycles. The van der Waals surface area contributed by atoms with Crippen molar-refractivity contribution in [2.24, 2.45) is 5.73 Å². The van der Waals surface area contributed by atoms with Gasteiger partial charge in [-0.05, 0) is 49.4 Å². The molecule has 0 radical (unpaired) electrons. The Balaban J connectivity index is 1.99. The molecule has 0 saturated carbocycles. The lowest BCUT2D eigenvalue weighted by Gasteiger charge is -2.18. The Morgan fingerprint density at radius 2 is 2.00 bits per heavy atom. The highest BCUT2D eigenvalue weighted by molar-refractivity contribution is 5.39. The first-order chi connectivity index (χ1) is 10.2. The topological polar surface area (TPSA) is 48.1 Å². The number of rotatable bonds is 3. The first-order valence-electron chi connectivity index (χ1n) is 7.02. The van der Waals surface area contributed by atoms with Gasteiger partial charge in [0.05, 0.1) is 0 Å². The van der Waals surface area contributed by atoms with Crippen molar-refractivity contribution in [1.29, 1.82) is 0 Å². The standard InChI is InChI=1S/C16H16F2N2O/c17-12-5-3-7-14(15(12)18)21-16-11(9-19)8-10-4-1-2-6-13(10)20-16/h3,5,7-8H,1-2,4,6,9,19H2. The van der Waals surface area contributed by atoms with Gasteiger partial charge in [0.2, 0.25) is 11.7 Å². The van der Waals surface area contributed by atoms with Crippen LogP contribution >= 0.6 is 0 Å². The van der Waals surface area contributed by atoms with E-state index in [-0.39, 0.29) is 18.2 Å². The third-order valence-corrected chi connectivity index (χ3v) is 3.68. The van der Waals surface area contributed by atoms with Gasteiger partial charge in [0.1, 0.15) is 0 Å². The summed E-state index contributed by atoms with van der Waals surface area (Å²) in [5, 5.41) is 0. The number of fused-ring (bicyclic) bond motifs is 1. The Labute approximate surface area is 121 Å². The monoisotopic (exact) mass is 290 g/mol. The second kappa shape index (κ2) is 5.77. The lowest BCUT2D eigenvalue weighted by molar-refractivity contribution is 0.399. The van der Waals surface area contributed by atoms with Crippen LogP contribution in [0.3, 0.4) is 0 Å². The molecule has 0 amide bonds. The Bertz CT molecular complexity index is 674. The highest BCUT2D eigenvalue weighted by atomic mass is 19.2. The van der Waals surface area contributed by atoms with Crippen LogP contribution in [0.4, 0.5) is 8.78 Å². The van der Waals surface area contributed by atoms with Gasteiger partial charge in [-0.1, -0.05) is 6.07 Å². The van der Waals surface area contributed by atoms with Gasteiger partial charge in [-0.2, -0.15) is 4.39 Å². The molecule has 0 bridgehead atoms. The van der Waals surface area contributed by atoms with E-state index in [0.29, 0.717) is 5.56 Å². The van der Waals surface area contributed by atoms with Gasteiger partial charge in [-0.25, -0.2) is 9.37 Å². The van der Waals surface area contributed by atoms with Crippen LogP contribution < -0.4 is 10.5 Å². The van der Waals surface area contributed by atoms with Crippen LogP contribution in [0.2, 0.25) is 0 Å². The Hall–Kier alpha value is -2.01. The molecule has 1 aliphatic rings. The molecule has 0 unspecified atom stereocenters. The Morgan fingerprint density at radius 1 is 1.19 bits per heavy atom. The average Bonchev–Trinajstić information content (AvgIpc) is 2.51. The molecule has 5 heteroatoms. The number of pyridine rings is 1. The van der Waals surface area contributed by atoms with Crippen molar-refractivity contribution in [3.05, 3.63) is 52.7 Å². The molecule has 1 aliphatic carbocycles. The molecule has 3 rings (SSSR count). The van der Waals surface area contributed by atoms with E-state index >= 15 is 0 Å². The number of hydrogen-bond donors (Lipinski definition) is 1. The fourth-order valence-electron chi connectivity index (χ4n) is 2.56. The number of aromatic nitrogens is 1. The van der Waals surface area contributed by atoms with E-state index < -0.39 is 11.6 Å². The van der Waals surface area contributed by atoms with Crippen molar-refractivity contribution in [3.8, 4) is 11.6 Å². The zero-order chi connectivity index (χ0) is 14.8. The summed E-state index contributed by atoms with van der Waals surface area (Å²) >= 11 is 0. The lowest BCUT2D eigenvalue weighted by atomic mass is 9.95. The normalized spacial score (nSPS) is 13.9. The van der Waals surface area contributed by atoms with Crippen LogP contribution in [0.15, 0.2) is 24.3 Å². The number of aryl methyl sites for hydroxylation is 2. The lowest BCUT2D eigenvalue weighted by Crippen LogP contribution is -2.10. The van der Waals surface area contributed by atoms with Crippen molar-refractivity contribution in [2.75, 3.05) is 0 Å². The highest BCUT2D eigenvalue weighted by Crippen LogP contribution is 2.30. The maximum atomic E-state index is 13.7. The molecule has 1 heterocycles. The van der Waals surface area contributed by atoms with Gasteiger partial charge in [-0.3, -0.25) is 0 Å². The van der Waals surface area contributed by atoms with E-state index in [4.69, 9.17) is 10.5 Å². The zero-order valence-electron chi connectivity index (χ0n) is 11.5. The number of benzene rings is 1. The van der Waals surface area contributed by atoms with Crippen molar-refractivity contribution in [2.45, 2.75) is 32.2 Å². The maximum absolute atomic E-state index is 13.7. The summed E-state index contributed by atoms with van der Waals surface area (Å²) in [6.45, 7) is 0.243. The van der Waals surface area contributed by atoms with E-state index in [2.05, 4.69) is 4.98 Å². The fourth-order valence-corrected chi connectivity index (χ4v) is 2.56. The summed E-state index contributed by atoms with van der Waals surface area (Å²) < 4.78 is 32.4.